The number of nitrogens with one attached hydrogen (secondary N) is 1. The van der Waals surface area contributed by atoms with Crippen LogP contribution in [0.5, 0.6) is 0 Å². The molecular weight excluding hydrogens is 360 g/mol. The molecule has 0 radical (unpaired) electrons. The van der Waals surface area contributed by atoms with E-state index < -0.39 is 11.7 Å². The van der Waals surface area contributed by atoms with Crippen LogP contribution >= 0.6 is 11.6 Å². The smallest absolute Gasteiger partial charge is 0.298 e. The first-order chi connectivity index (χ1) is 12.8. The fourth-order valence-corrected chi connectivity index (χ4v) is 3.15. The zero-order valence-electron chi connectivity index (χ0n) is 15.5. The van der Waals surface area contributed by atoms with Gasteiger partial charge in [-0.1, -0.05) is 29.8 Å². The number of anilines is 1. The maximum atomic E-state index is 12.7. The molecule has 4 nitrogen and oxygen atoms in total. The molecule has 5 heteroatoms. The van der Waals surface area contributed by atoms with Crippen LogP contribution in [-0.2, 0) is 11.3 Å². The van der Waals surface area contributed by atoms with E-state index in [1.165, 1.54) is 11.1 Å². The Hall–Kier alpha value is -2.85. The first-order valence-corrected chi connectivity index (χ1v) is 9.06. The minimum absolute atomic E-state index is 0.359. The molecule has 0 bridgehead atoms. The second-order valence-electron chi connectivity index (χ2n) is 6.68. The summed E-state index contributed by atoms with van der Waals surface area (Å²) >= 11 is 5.93. The molecule has 0 saturated carbocycles. The van der Waals surface area contributed by atoms with E-state index in [-0.39, 0.29) is 0 Å². The van der Waals surface area contributed by atoms with Crippen molar-refractivity contribution in [3.63, 3.8) is 0 Å². The largest absolute Gasteiger partial charge is 0.340 e. The van der Waals surface area contributed by atoms with Gasteiger partial charge in [-0.2, -0.15) is 0 Å². The number of hydrogen-bond acceptors (Lipinski definition) is 2. The Morgan fingerprint density at radius 1 is 0.963 bits per heavy atom. The molecule has 2 aromatic carbocycles. The van der Waals surface area contributed by atoms with Crippen LogP contribution in [0, 0.1) is 20.8 Å². The molecule has 3 rings (SSSR count). The van der Waals surface area contributed by atoms with Gasteiger partial charge in [0.05, 0.1) is 5.69 Å². The molecule has 3 aromatic rings. The van der Waals surface area contributed by atoms with Gasteiger partial charge in [0.15, 0.2) is 0 Å². The Bertz CT molecular complexity index is 1020. The van der Waals surface area contributed by atoms with E-state index >= 15 is 0 Å². The van der Waals surface area contributed by atoms with Crippen LogP contribution in [0.4, 0.5) is 5.69 Å². The lowest BCUT2D eigenvalue weighted by atomic mass is 10.1. The number of aryl methyl sites for hydroxylation is 3. The third-order valence-corrected chi connectivity index (χ3v) is 4.86. The molecule has 0 spiro atoms. The summed E-state index contributed by atoms with van der Waals surface area (Å²) in [6.45, 7) is 6.48. The van der Waals surface area contributed by atoms with Crippen molar-refractivity contribution < 1.29 is 9.59 Å². The highest BCUT2D eigenvalue weighted by Gasteiger charge is 2.20. The maximum absolute atomic E-state index is 12.7. The van der Waals surface area contributed by atoms with Crippen molar-refractivity contribution in [3.05, 3.63) is 87.7 Å². The lowest BCUT2D eigenvalue weighted by molar-refractivity contribution is -0.112. The molecule has 1 aromatic heterocycles. The van der Waals surface area contributed by atoms with Crippen LogP contribution in [-0.4, -0.2) is 16.3 Å². The van der Waals surface area contributed by atoms with E-state index in [0.717, 1.165) is 11.1 Å². The highest BCUT2D eigenvalue weighted by atomic mass is 35.5. The third kappa shape index (κ3) is 4.29. The number of carbonyl (C=O) groups excluding carboxylic acids is 2. The standard InChI is InChI=1S/C22H21ClN2O2/c1-14-6-7-17(11-15(14)2)13-25-10-4-5-20(25)21(26)22(27)24-19-9-8-18(23)12-16(19)3/h4-12H,13H2,1-3H3,(H,24,27). The van der Waals surface area contributed by atoms with Crippen LogP contribution in [0.25, 0.3) is 0 Å². The van der Waals surface area contributed by atoms with Crippen LogP contribution in [0.15, 0.2) is 54.7 Å². The van der Waals surface area contributed by atoms with Gasteiger partial charge in [-0.25, -0.2) is 0 Å². The second kappa shape index (κ2) is 7.80. The number of ketones is 1. The second-order valence-corrected chi connectivity index (χ2v) is 7.12. The quantitative estimate of drug-likeness (QED) is 0.503. The number of Topliss-reactive ketones (excluding diaryl/α,β-unsaturated/α-hetero) is 1. The van der Waals surface area contributed by atoms with E-state index in [0.29, 0.717) is 22.9 Å². The lowest BCUT2D eigenvalue weighted by Gasteiger charge is -2.11. The van der Waals surface area contributed by atoms with E-state index in [1.807, 2.05) is 19.2 Å². The van der Waals surface area contributed by atoms with Gasteiger partial charge in [0.2, 0.25) is 0 Å². The topological polar surface area (TPSA) is 51.1 Å². The van der Waals surface area contributed by atoms with Crippen molar-refractivity contribution in [1.82, 2.24) is 4.57 Å². The lowest BCUT2D eigenvalue weighted by Crippen LogP contribution is -2.25. The molecule has 0 aliphatic rings. The van der Waals surface area contributed by atoms with Crippen LogP contribution in [0.1, 0.15) is 32.7 Å². The number of benzene rings is 2. The van der Waals surface area contributed by atoms with Gasteiger partial charge >= 0.3 is 0 Å². The Morgan fingerprint density at radius 2 is 1.74 bits per heavy atom. The number of halogens is 1. The molecule has 27 heavy (non-hydrogen) atoms. The van der Waals surface area contributed by atoms with E-state index in [2.05, 4.69) is 31.3 Å². The summed E-state index contributed by atoms with van der Waals surface area (Å²) in [5.41, 5.74) is 5.23. The molecule has 1 amide bonds. The number of aromatic nitrogens is 1. The van der Waals surface area contributed by atoms with Crippen molar-refractivity contribution in [3.8, 4) is 0 Å². The number of hydrogen-bond donors (Lipinski definition) is 1. The first kappa shape index (κ1) is 18.9. The van der Waals surface area contributed by atoms with Gasteiger partial charge in [0.1, 0.15) is 0 Å². The molecule has 138 valence electrons. The fraction of sp³-hybridized carbons (Fsp3) is 0.182. The number of rotatable bonds is 5. The summed E-state index contributed by atoms with van der Waals surface area (Å²) in [7, 11) is 0. The van der Waals surface area contributed by atoms with Crippen LogP contribution in [0.2, 0.25) is 5.02 Å². The van der Waals surface area contributed by atoms with Crippen molar-refractivity contribution in [2.75, 3.05) is 5.32 Å². The Balaban J connectivity index is 1.78. The van der Waals surface area contributed by atoms with Crippen LogP contribution in [0.3, 0.4) is 0 Å². The average Bonchev–Trinajstić information content (AvgIpc) is 3.08. The molecule has 0 aliphatic heterocycles. The minimum Gasteiger partial charge on any atom is -0.340 e. The van der Waals surface area contributed by atoms with Crippen molar-refractivity contribution >= 4 is 29.0 Å². The average molecular weight is 381 g/mol. The molecule has 0 unspecified atom stereocenters. The fourth-order valence-electron chi connectivity index (χ4n) is 2.92. The van der Waals surface area contributed by atoms with Crippen molar-refractivity contribution in [2.24, 2.45) is 0 Å². The predicted molar refractivity (Wildman–Crippen MR) is 109 cm³/mol. The van der Waals surface area contributed by atoms with Crippen molar-refractivity contribution in [1.29, 1.82) is 0 Å². The zero-order valence-corrected chi connectivity index (χ0v) is 16.3. The minimum atomic E-state index is -0.666. The number of nitrogens with zero attached hydrogens (tertiary/aromatic N) is 1. The van der Waals surface area contributed by atoms with Gasteiger partial charge in [0.25, 0.3) is 11.7 Å². The zero-order chi connectivity index (χ0) is 19.6. The van der Waals surface area contributed by atoms with E-state index in [1.54, 1.807) is 34.9 Å². The molecule has 0 fully saturated rings. The summed E-state index contributed by atoms with van der Waals surface area (Å²) in [4.78, 5) is 25.1. The third-order valence-electron chi connectivity index (χ3n) is 4.63. The Morgan fingerprint density at radius 3 is 2.44 bits per heavy atom. The summed E-state index contributed by atoms with van der Waals surface area (Å²) in [6.07, 6.45) is 1.81. The SMILES string of the molecule is Cc1ccc(Cn2cccc2C(=O)C(=O)Nc2ccc(Cl)cc2C)cc1C. The summed E-state index contributed by atoms with van der Waals surface area (Å²) < 4.78 is 1.79. The normalized spacial score (nSPS) is 10.7. The highest BCUT2D eigenvalue weighted by Crippen LogP contribution is 2.20. The van der Waals surface area contributed by atoms with E-state index in [4.69, 9.17) is 11.6 Å². The first-order valence-electron chi connectivity index (χ1n) is 8.68. The highest BCUT2D eigenvalue weighted by molar-refractivity contribution is 6.46. The van der Waals surface area contributed by atoms with Gasteiger partial charge in [-0.3, -0.25) is 9.59 Å². The molecule has 1 heterocycles. The monoisotopic (exact) mass is 380 g/mol. The Kier molecular flexibility index (Phi) is 5.47. The van der Waals surface area contributed by atoms with Gasteiger partial charge in [-0.15, -0.1) is 0 Å². The summed E-state index contributed by atoms with van der Waals surface area (Å²) in [5, 5.41) is 3.26. The number of amides is 1. The molecule has 0 saturated heterocycles. The molecule has 1 N–H and O–H groups in total. The van der Waals surface area contributed by atoms with Crippen LogP contribution < -0.4 is 5.32 Å². The molecular formula is C22H21ClN2O2. The summed E-state index contributed by atoms with van der Waals surface area (Å²) in [5.74, 6) is -1.24. The van der Waals surface area contributed by atoms with Gasteiger partial charge < -0.3 is 9.88 Å². The maximum Gasteiger partial charge on any atom is 0.298 e. The van der Waals surface area contributed by atoms with Gasteiger partial charge in [-0.05, 0) is 73.4 Å². The summed E-state index contributed by atoms with van der Waals surface area (Å²) in [6, 6.07) is 14.7. The van der Waals surface area contributed by atoms with E-state index in [9.17, 15) is 9.59 Å². The predicted octanol–water partition coefficient (Wildman–Crippen LogP) is 4.94. The number of carbonyl (C=O) groups is 2. The van der Waals surface area contributed by atoms with Gasteiger partial charge in [0, 0.05) is 23.5 Å². The molecule has 0 atom stereocenters. The molecule has 0 aliphatic carbocycles. The Labute approximate surface area is 163 Å². The van der Waals surface area contributed by atoms with Crippen molar-refractivity contribution in [2.45, 2.75) is 27.3 Å².